The van der Waals surface area contributed by atoms with Crippen LogP contribution in [0.5, 0.6) is 0 Å². The average molecular weight is 450 g/mol. The molecule has 3 aromatic rings. The minimum atomic E-state index is 0.0947. The summed E-state index contributed by atoms with van der Waals surface area (Å²) in [7, 11) is 0. The van der Waals surface area contributed by atoms with Crippen molar-refractivity contribution in [2.24, 2.45) is 0 Å². The van der Waals surface area contributed by atoms with Crippen molar-refractivity contribution in [3.63, 3.8) is 0 Å². The third-order valence-corrected chi connectivity index (χ3v) is 7.46. The quantitative estimate of drug-likeness (QED) is 0.528. The summed E-state index contributed by atoms with van der Waals surface area (Å²) in [4.78, 5) is 23.3. The lowest BCUT2D eigenvalue weighted by Gasteiger charge is -2.27. The monoisotopic (exact) mass is 449 g/mol. The highest BCUT2D eigenvalue weighted by molar-refractivity contribution is 7.22. The Morgan fingerprint density at radius 3 is 2.90 bits per heavy atom. The van der Waals surface area contributed by atoms with E-state index in [1.807, 2.05) is 41.5 Å². The number of thiazole rings is 1. The first-order chi connectivity index (χ1) is 14.1. The molecular formula is C21H24ClN3O2S2. The number of carbonyl (C=O) groups is 1. The lowest BCUT2D eigenvalue weighted by Crippen LogP contribution is -2.39. The Kier molecular flexibility index (Phi) is 6.82. The summed E-state index contributed by atoms with van der Waals surface area (Å²) in [5.74, 6) is 0.0947. The van der Waals surface area contributed by atoms with Gasteiger partial charge in [-0.2, -0.15) is 0 Å². The fraction of sp³-hybridized carbons (Fsp3) is 0.429. The van der Waals surface area contributed by atoms with Gasteiger partial charge in [0.2, 0.25) is 5.91 Å². The number of fused-ring (bicyclic) bond motifs is 1. The molecule has 1 aliphatic rings. The number of hydrogen-bond acceptors (Lipinski definition) is 6. The second-order valence-electron chi connectivity index (χ2n) is 7.12. The van der Waals surface area contributed by atoms with Gasteiger partial charge in [0.05, 0.1) is 29.9 Å². The number of carbonyl (C=O) groups excluding carboxylic acids is 1. The summed E-state index contributed by atoms with van der Waals surface area (Å²) in [6.07, 6.45) is 1.32. The van der Waals surface area contributed by atoms with Crippen LogP contribution in [-0.2, 0) is 16.0 Å². The number of halogens is 1. The van der Waals surface area contributed by atoms with E-state index >= 15 is 0 Å². The largest absolute Gasteiger partial charge is 0.379 e. The molecule has 1 aliphatic heterocycles. The Bertz CT molecular complexity index is 968. The van der Waals surface area contributed by atoms with E-state index in [2.05, 4.69) is 4.90 Å². The van der Waals surface area contributed by atoms with Gasteiger partial charge in [-0.3, -0.25) is 14.6 Å². The van der Waals surface area contributed by atoms with Gasteiger partial charge in [0, 0.05) is 36.1 Å². The van der Waals surface area contributed by atoms with Crippen LogP contribution in [0.25, 0.3) is 10.2 Å². The molecule has 0 N–H and O–H groups in total. The summed E-state index contributed by atoms with van der Waals surface area (Å²) in [5.41, 5.74) is 1.85. The van der Waals surface area contributed by atoms with Crippen molar-refractivity contribution in [1.29, 1.82) is 0 Å². The molecule has 1 aromatic carbocycles. The van der Waals surface area contributed by atoms with Crippen molar-refractivity contribution >= 4 is 55.5 Å². The Morgan fingerprint density at radius 2 is 2.14 bits per heavy atom. The number of hydrogen-bond donors (Lipinski definition) is 0. The third kappa shape index (κ3) is 4.98. The molecule has 1 saturated heterocycles. The number of morpholine rings is 1. The predicted octanol–water partition coefficient (Wildman–Crippen LogP) is 4.62. The van der Waals surface area contributed by atoms with Crippen LogP contribution in [0.4, 0.5) is 5.13 Å². The first-order valence-corrected chi connectivity index (χ1v) is 11.9. The zero-order valence-electron chi connectivity index (χ0n) is 16.4. The van der Waals surface area contributed by atoms with Gasteiger partial charge in [-0.15, -0.1) is 11.3 Å². The second-order valence-corrected chi connectivity index (χ2v) is 9.57. The second kappa shape index (κ2) is 9.53. The Balaban J connectivity index is 1.53. The van der Waals surface area contributed by atoms with Crippen LogP contribution in [0, 0.1) is 6.92 Å². The maximum Gasteiger partial charge on any atom is 0.234 e. The van der Waals surface area contributed by atoms with E-state index in [1.54, 1.807) is 22.7 Å². The molecule has 0 saturated carbocycles. The SMILES string of the molecule is Cc1c(Cl)ccc2sc(N(CCCN3CCOCC3)C(=O)Cc3cccs3)nc12. The Hall–Kier alpha value is -1.51. The highest BCUT2D eigenvalue weighted by atomic mass is 35.5. The van der Waals surface area contributed by atoms with E-state index in [-0.39, 0.29) is 5.91 Å². The molecule has 2 aromatic heterocycles. The van der Waals surface area contributed by atoms with Crippen molar-refractivity contribution in [2.45, 2.75) is 19.8 Å². The van der Waals surface area contributed by atoms with Crippen molar-refractivity contribution in [1.82, 2.24) is 9.88 Å². The molecular weight excluding hydrogens is 426 g/mol. The molecule has 29 heavy (non-hydrogen) atoms. The molecule has 3 heterocycles. The van der Waals surface area contributed by atoms with E-state index in [4.69, 9.17) is 21.3 Å². The summed E-state index contributed by atoms with van der Waals surface area (Å²) < 4.78 is 6.48. The van der Waals surface area contributed by atoms with Gasteiger partial charge in [-0.1, -0.05) is 29.0 Å². The molecule has 0 aliphatic carbocycles. The number of anilines is 1. The van der Waals surface area contributed by atoms with Crippen LogP contribution in [0.15, 0.2) is 29.6 Å². The molecule has 0 bridgehead atoms. The van der Waals surface area contributed by atoms with Crippen LogP contribution in [-0.4, -0.2) is 55.2 Å². The standard InChI is InChI=1S/C21H24ClN3O2S2/c1-15-17(22)5-6-18-20(15)23-21(29-18)25(19(26)14-16-4-2-13-28-16)8-3-7-24-9-11-27-12-10-24/h2,4-6,13H,3,7-12,14H2,1H3. The zero-order chi connectivity index (χ0) is 20.2. The fourth-order valence-electron chi connectivity index (χ4n) is 3.47. The Morgan fingerprint density at radius 1 is 1.31 bits per heavy atom. The lowest BCUT2D eigenvalue weighted by atomic mass is 10.2. The highest BCUT2D eigenvalue weighted by Crippen LogP contribution is 2.34. The number of aromatic nitrogens is 1. The normalized spacial score (nSPS) is 15.1. The predicted molar refractivity (Wildman–Crippen MR) is 122 cm³/mol. The number of amides is 1. The first-order valence-electron chi connectivity index (χ1n) is 9.80. The molecule has 8 heteroatoms. The average Bonchev–Trinajstić information content (AvgIpc) is 3.39. The summed E-state index contributed by atoms with van der Waals surface area (Å²) in [5, 5.41) is 3.47. The van der Waals surface area contributed by atoms with E-state index < -0.39 is 0 Å². The van der Waals surface area contributed by atoms with E-state index in [9.17, 15) is 4.79 Å². The first kappa shape index (κ1) is 20.8. The molecule has 4 rings (SSSR count). The van der Waals surface area contributed by atoms with Gasteiger partial charge in [-0.05, 0) is 42.5 Å². The molecule has 154 valence electrons. The van der Waals surface area contributed by atoms with Crippen LogP contribution in [0.3, 0.4) is 0 Å². The minimum Gasteiger partial charge on any atom is -0.379 e. The van der Waals surface area contributed by atoms with Gasteiger partial charge in [0.1, 0.15) is 0 Å². The van der Waals surface area contributed by atoms with Crippen molar-refractivity contribution < 1.29 is 9.53 Å². The van der Waals surface area contributed by atoms with Crippen molar-refractivity contribution in [3.8, 4) is 0 Å². The van der Waals surface area contributed by atoms with Crippen molar-refractivity contribution in [3.05, 3.63) is 45.1 Å². The molecule has 0 atom stereocenters. The summed E-state index contributed by atoms with van der Waals surface area (Å²) >= 11 is 9.45. The molecule has 0 unspecified atom stereocenters. The van der Waals surface area contributed by atoms with Crippen LogP contribution in [0.1, 0.15) is 16.9 Å². The van der Waals surface area contributed by atoms with E-state index in [1.165, 1.54) is 0 Å². The maximum atomic E-state index is 13.2. The van der Waals surface area contributed by atoms with Crippen molar-refractivity contribution in [2.75, 3.05) is 44.3 Å². The smallest absolute Gasteiger partial charge is 0.234 e. The number of rotatable bonds is 7. The summed E-state index contributed by atoms with van der Waals surface area (Å²) in [6.45, 7) is 7.10. The zero-order valence-corrected chi connectivity index (χ0v) is 18.8. The molecule has 1 amide bonds. The Labute approximate surface area is 183 Å². The van der Waals surface area contributed by atoms with Crippen LogP contribution < -0.4 is 4.90 Å². The van der Waals surface area contributed by atoms with Gasteiger partial charge in [0.25, 0.3) is 0 Å². The maximum absolute atomic E-state index is 13.2. The molecule has 1 fully saturated rings. The number of aryl methyl sites for hydroxylation is 1. The summed E-state index contributed by atoms with van der Waals surface area (Å²) in [6, 6.07) is 7.88. The van der Waals surface area contributed by atoms with Crippen LogP contribution >= 0.6 is 34.3 Å². The number of benzene rings is 1. The molecule has 5 nitrogen and oxygen atoms in total. The number of thiophene rings is 1. The van der Waals surface area contributed by atoms with E-state index in [0.29, 0.717) is 18.0 Å². The van der Waals surface area contributed by atoms with Crippen LogP contribution in [0.2, 0.25) is 5.02 Å². The third-order valence-electron chi connectivity index (χ3n) is 5.13. The molecule has 0 spiro atoms. The minimum absolute atomic E-state index is 0.0947. The van der Waals surface area contributed by atoms with Gasteiger partial charge >= 0.3 is 0 Å². The number of ether oxygens (including phenoxy) is 1. The van der Waals surface area contributed by atoms with Gasteiger partial charge in [0.15, 0.2) is 5.13 Å². The lowest BCUT2D eigenvalue weighted by molar-refractivity contribution is -0.118. The topological polar surface area (TPSA) is 45.7 Å². The molecule has 0 radical (unpaired) electrons. The highest BCUT2D eigenvalue weighted by Gasteiger charge is 2.22. The fourth-order valence-corrected chi connectivity index (χ4v) is 5.38. The van der Waals surface area contributed by atoms with E-state index in [0.717, 1.165) is 65.1 Å². The van der Waals surface area contributed by atoms with Gasteiger partial charge in [-0.25, -0.2) is 4.98 Å². The van der Waals surface area contributed by atoms with Gasteiger partial charge < -0.3 is 4.74 Å². The number of nitrogens with zero attached hydrogens (tertiary/aromatic N) is 3.